The van der Waals surface area contributed by atoms with Crippen molar-refractivity contribution in [1.82, 2.24) is 5.32 Å². The summed E-state index contributed by atoms with van der Waals surface area (Å²) in [4.78, 5) is 27.9. The van der Waals surface area contributed by atoms with Crippen molar-refractivity contribution >= 4 is 17.5 Å². The first kappa shape index (κ1) is 17.3. The van der Waals surface area contributed by atoms with E-state index >= 15 is 0 Å². The minimum Gasteiger partial charge on any atom is -0.466 e. The van der Waals surface area contributed by atoms with E-state index in [0.717, 1.165) is 5.56 Å². The van der Waals surface area contributed by atoms with Crippen LogP contribution in [0, 0.1) is 10.1 Å². The lowest BCUT2D eigenvalue weighted by molar-refractivity contribution is -0.385. The van der Waals surface area contributed by atoms with Gasteiger partial charge >= 0.3 is 5.97 Å². The number of carbonyl (C=O) groups is 1. The van der Waals surface area contributed by atoms with Gasteiger partial charge in [0.15, 0.2) is 0 Å². The largest absolute Gasteiger partial charge is 0.466 e. The molecule has 7 heteroatoms. The Labute approximate surface area is 150 Å². The van der Waals surface area contributed by atoms with Crippen LogP contribution in [0.3, 0.4) is 0 Å². The van der Waals surface area contributed by atoms with E-state index in [0.29, 0.717) is 17.1 Å². The summed E-state index contributed by atoms with van der Waals surface area (Å²) in [7, 11) is 1.27. The van der Waals surface area contributed by atoms with Crippen LogP contribution >= 0.6 is 0 Å². The van der Waals surface area contributed by atoms with E-state index in [-0.39, 0.29) is 11.3 Å². The van der Waals surface area contributed by atoms with Gasteiger partial charge in [-0.15, -0.1) is 0 Å². The molecule has 7 nitrogen and oxygen atoms in total. The number of aliphatic imine (C=N–C) groups is 1. The number of ether oxygens (including phenoxy) is 1. The highest BCUT2D eigenvalue weighted by molar-refractivity contribution is 6.03. The molecular formula is C19H17N3O4. The van der Waals surface area contributed by atoms with Gasteiger partial charge in [-0.05, 0) is 13.0 Å². The zero-order valence-electron chi connectivity index (χ0n) is 14.3. The Morgan fingerprint density at radius 3 is 2.46 bits per heavy atom. The molecule has 1 heterocycles. The van der Waals surface area contributed by atoms with Crippen LogP contribution in [-0.2, 0) is 9.53 Å². The summed E-state index contributed by atoms with van der Waals surface area (Å²) >= 11 is 0. The Morgan fingerprint density at radius 2 is 1.81 bits per heavy atom. The van der Waals surface area contributed by atoms with Crippen LogP contribution in [0.5, 0.6) is 0 Å². The van der Waals surface area contributed by atoms with Crippen molar-refractivity contribution in [2.24, 2.45) is 4.99 Å². The molecular weight excluding hydrogens is 334 g/mol. The highest BCUT2D eigenvalue weighted by Gasteiger charge is 2.34. The molecule has 1 aliphatic heterocycles. The summed E-state index contributed by atoms with van der Waals surface area (Å²) in [6, 6.07) is 14.8. The smallest absolute Gasteiger partial charge is 0.338 e. The number of hydrogen-bond acceptors (Lipinski definition) is 6. The van der Waals surface area contributed by atoms with E-state index in [9.17, 15) is 14.9 Å². The van der Waals surface area contributed by atoms with E-state index < -0.39 is 16.9 Å². The van der Waals surface area contributed by atoms with E-state index in [1.54, 1.807) is 25.1 Å². The lowest BCUT2D eigenvalue weighted by atomic mass is 9.94. The summed E-state index contributed by atoms with van der Waals surface area (Å²) < 4.78 is 4.88. The number of para-hydroxylation sites is 1. The van der Waals surface area contributed by atoms with Gasteiger partial charge in [-0.25, -0.2) is 4.79 Å². The van der Waals surface area contributed by atoms with E-state index in [1.165, 1.54) is 13.2 Å². The average molecular weight is 351 g/mol. The van der Waals surface area contributed by atoms with Gasteiger partial charge in [0, 0.05) is 17.3 Å². The average Bonchev–Trinajstić information content (AvgIpc) is 2.67. The molecule has 0 radical (unpaired) electrons. The molecule has 0 spiro atoms. The number of benzene rings is 2. The standard InChI is InChI=1S/C19H17N3O4/c1-12-16(19(23)26-2)17(14-10-6-7-11-15(14)22(24)25)21-18(20-12)13-8-4-3-5-9-13/h3-11,17H,1-2H3,(H,20,21). The maximum Gasteiger partial charge on any atom is 0.338 e. The van der Waals surface area contributed by atoms with Crippen molar-refractivity contribution in [2.75, 3.05) is 7.11 Å². The fraction of sp³-hybridized carbons (Fsp3) is 0.158. The summed E-state index contributed by atoms with van der Waals surface area (Å²) in [5.41, 5.74) is 1.87. The number of nitrogens with zero attached hydrogens (tertiary/aromatic N) is 2. The number of nitrogens with one attached hydrogen (secondary N) is 1. The highest BCUT2D eigenvalue weighted by Crippen LogP contribution is 2.36. The lowest BCUT2D eigenvalue weighted by Gasteiger charge is -2.25. The fourth-order valence-electron chi connectivity index (χ4n) is 2.90. The molecule has 0 fully saturated rings. The molecule has 3 rings (SSSR count). The number of hydrogen-bond donors (Lipinski definition) is 1. The Bertz CT molecular complexity index is 919. The number of nitro benzene ring substituents is 1. The number of allylic oxidation sites excluding steroid dienone is 1. The van der Waals surface area contributed by atoms with Crippen molar-refractivity contribution in [2.45, 2.75) is 13.0 Å². The summed E-state index contributed by atoms with van der Waals surface area (Å²) in [6.07, 6.45) is 0. The molecule has 132 valence electrons. The van der Waals surface area contributed by atoms with Gasteiger partial charge in [0.2, 0.25) is 0 Å². The molecule has 26 heavy (non-hydrogen) atoms. The zero-order chi connectivity index (χ0) is 18.7. The Kier molecular flexibility index (Phi) is 4.79. The maximum atomic E-state index is 12.3. The summed E-state index contributed by atoms with van der Waals surface area (Å²) in [5.74, 6) is -0.0343. The highest BCUT2D eigenvalue weighted by atomic mass is 16.6. The van der Waals surface area contributed by atoms with Gasteiger partial charge in [0.1, 0.15) is 11.9 Å². The number of rotatable bonds is 4. The maximum absolute atomic E-state index is 12.3. The SMILES string of the molecule is COC(=O)C1=C(C)NC(c2ccccc2)=NC1c1ccccc1[N+](=O)[O-]. The molecule has 0 saturated heterocycles. The van der Waals surface area contributed by atoms with E-state index in [4.69, 9.17) is 4.74 Å². The topological polar surface area (TPSA) is 93.8 Å². The molecule has 1 N–H and O–H groups in total. The van der Waals surface area contributed by atoms with Crippen molar-refractivity contribution in [3.05, 3.63) is 87.1 Å². The normalized spacial score (nSPS) is 16.5. The predicted molar refractivity (Wildman–Crippen MR) is 96.7 cm³/mol. The molecule has 2 aromatic carbocycles. The third-order valence-electron chi connectivity index (χ3n) is 4.12. The van der Waals surface area contributed by atoms with Crippen LogP contribution in [0.15, 0.2) is 70.9 Å². The number of carbonyl (C=O) groups excluding carboxylic acids is 1. The van der Waals surface area contributed by atoms with Crippen LogP contribution in [0.1, 0.15) is 24.1 Å². The van der Waals surface area contributed by atoms with Crippen molar-refractivity contribution in [3.63, 3.8) is 0 Å². The van der Waals surface area contributed by atoms with Gasteiger partial charge in [0.05, 0.1) is 23.2 Å². The molecule has 1 atom stereocenters. The number of methoxy groups -OCH3 is 1. The molecule has 0 aromatic heterocycles. The summed E-state index contributed by atoms with van der Waals surface area (Å²) in [6.45, 7) is 1.73. The quantitative estimate of drug-likeness (QED) is 0.519. The van der Waals surface area contributed by atoms with Crippen LogP contribution in [-0.4, -0.2) is 23.8 Å². The van der Waals surface area contributed by atoms with Gasteiger partial charge in [-0.3, -0.25) is 15.1 Å². The summed E-state index contributed by atoms with van der Waals surface area (Å²) in [5, 5.41) is 14.6. The molecule has 1 aliphatic rings. The first-order chi connectivity index (χ1) is 12.5. The van der Waals surface area contributed by atoms with Crippen molar-refractivity contribution in [3.8, 4) is 0 Å². The second kappa shape index (κ2) is 7.18. The van der Waals surface area contributed by atoms with Crippen LogP contribution in [0.25, 0.3) is 0 Å². The Hall–Kier alpha value is -3.48. The van der Waals surface area contributed by atoms with Gasteiger partial charge < -0.3 is 10.1 Å². The number of amidine groups is 1. The third-order valence-corrected chi connectivity index (χ3v) is 4.12. The molecule has 0 amide bonds. The van der Waals surface area contributed by atoms with Crippen LogP contribution in [0.4, 0.5) is 5.69 Å². The van der Waals surface area contributed by atoms with Gasteiger partial charge in [-0.2, -0.15) is 0 Å². The second-order valence-electron chi connectivity index (χ2n) is 5.72. The molecule has 0 bridgehead atoms. The van der Waals surface area contributed by atoms with Crippen LogP contribution in [0.2, 0.25) is 0 Å². The first-order valence-corrected chi connectivity index (χ1v) is 7.95. The Balaban J connectivity index is 2.18. The number of esters is 1. The predicted octanol–water partition coefficient (Wildman–Crippen LogP) is 3.13. The molecule has 0 aliphatic carbocycles. The minimum atomic E-state index is -0.833. The second-order valence-corrected chi connectivity index (χ2v) is 5.72. The molecule has 0 saturated carbocycles. The van der Waals surface area contributed by atoms with Crippen LogP contribution < -0.4 is 5.32 Å². The lowest BCUT2D eigenvalue weighted by Crippen LogP contribution is -2.32. The van der Waals surface area contributed by atoms with E-state index in [1.807, 2.05) is 30.3 Å². The van der Waals surface area contributed by atoms with Crippen molar-refractivity contribution in [1.29, 1.82) is 0 Å². The third kappa shape index (κ3) is 3.19. The molecule has 2 aromatic rings. The minimum absolute atomic E-state index is 0.0928. The zero-order valence-corrected chi connectivity index (χ0v) is 14.3. The fourth-order valence-corrected chi connectivity index (χ4v) is 2.90. The van der Waals surface area contributed by atoms with E-state index in [2.05, 4.69) is 10.3 Å². The number of nitro groups is 1. The van der Waals surface area contributed by atoms with Gasteiger partial charge in [-0.1, -0.05) is 42.5 Å². The molecule has 1 unspecified atom stereocenters. The van der Waals surface area contributed by atoms with Crippen molar-refractivity contribution < 1.29 is 14.5 Å². The Morgan fingerprint density at radius 1 is 1.15 bits per heavy atom. The first-order valence-electron chi connectivity index (χ1n) is 7.95. The van der Waals surface area contributed by atoms with Gasteiger partial charge in [0.25, 0.3) is 5.69 Å². The monoisotopic (exact) mass is 351 g/mol.